The molecule has 2 rings (SSSR count). The number of halogens is 2. The van der Waals surface area contributed by atoms with E-state index in [1.165, 1.54) is 10.4 Å². The summed E-state index contributed by atoms with van der Waals surface area (Å²) in [5.41, 5.74) is 1.38. The topological polar surface area (TPSA) is 12.0 Å². The summed E-state index contributed by atoms with van der Waals surface area (Å²) in [5, 5.41) is 4.30. The largest absolute Gasteiger partial charge is 0.312 e. The van der Waals surface area contributed by atoms with Gasteiger partial charge >= 0.3 is 0 Å². The third-order valence-electron chi connectivity index (χ3n) is 4.08. The molecule has 1 N–H and O–H groups in total. The fourth-order valence-corrected chi connectivity index (χ4v) is 4.70. The van der Waals surface area contributed by atoms with Crippen LogP contribution in [0.2, 0.25) is 5.02 Å². The van der Waals surface area contributed by atoms with E-state index < -0.39 is 0 Å². The van der Waals surface area contributed by atoms with Crippen LogP contribution in [0.4, 0.5) is 0 Å². The minimum absolute atomic E-state index is 0.274. The SMILES string of the molecule is CCC(C)C(c1ccccc1)C(NC)c1cc(Cl)c(Br)s1. The number of rotatable bonds is 6. The summed E-state index contributed by atoms with van der Waals surface area (Å²) in [6.45, 7) is 4.58. The molecule has 0 saturated carbocycles. The molecule has 0 spiro atoms. The Bertz CT molecular complexity index is 550. The van der Waals surface area contributed by atoms with E-state index in [0.29, 0.717) is 11.8 Å². The summed E-state index contributed by atoms with van der Waals surface area (Å²) in [7, 11) is 2.03. The van der Waals surface area contributed by atoms with Crippen molar-refractivity contribution < 1.29 is 0 Å². The fraction of sp³-hybridized carbons (Fsp3) is 0.412. The molecular weight excluding hydrogens is 366 g/mol. The van der Waals surface area contributed by atoms with Gasteiger partial charge in [-0.05, 0) is 40.5 Å². The molecule has 0 fully saturated rings. The average molecular weight is 387 g/mol. The van der Waals surface area contributed by atoms with Gasteiger partial charge in [0.1, 0.15) is 0 Å². The van der Waals surface area contributed by atoms with Crippen LogP contribution in [-0.2, 0) is 0 Å². The Hall–Kier alpha value is -0.350. The Morgan fingerprint density at radius 2 is 1.95 bits per heavy atom. The molecule has 0 aliphatic heterocycles. The predicted octanol–water partition coefficient (Wildman–Crippen LogP) is 6.25. The summed E-state index contributed by atoms with van der Waals surface area (Å²) in [6.07, 6.45) is 1.15. The van der Waals surface area contributed by atoms with E-state index in [1.807, 2.05) is 7.05 Å². The Labute approximate surface area is 144 Å². The normalized spacial score (nSPS) is 15.7. The molecule has 1 heterocycles. The first kappa shape index (κ1) is 17.0. The van der Waals surface area contributed by atoms with E-state index in [1.54, 1.807) is 11.3 Å². The van der Waals surface area contributed by atoms with Crippen molar-refractivity contribution in [2.75, 3.05) is 7.05 Å². The highest BCUT2D eigenvalue weighted by Gasteiger charge is 2.29. The Morgan fingerprint density at radius 1 is 1.29 bits per heavy atom. The van der Waals surface area contributed by atoms with Crippen molar-refractivity contribution >= 4 is 38.9 Å². The highest BCUT2D eigenvalue weighted by molar-refractivity contribution is 9.11. The Balaban J connectivity index is 2.42. The number of nitrogens with one attached hydrogen (secondary N) is 1. The predicted molar refractivity (Wildman–Crippen MR) is 97.5 cm³/mol. The van der Waals surface area contributed by atoms with Crippen molar-refractivity contribution in [3.8, 4) is 0 Å². The standard InChI is InChI=1S/C17H21BrClNS/c1-4-11(2)15(12-8-6-5-7-9-12)16(20-3)14-10-13(19)17(18)21-14/h5-11,15-16,20H,4H2,1-3H3. The van der Waals surface area contributed by atoms with E-state index in [-0.39, 0.29) is 6.04 Å². The fourth-order valence-electron chi connectivity index (χ4n) is 2.79. The lowest BCUT2D eigenvalue weighted by molar-refractivity contribution is 0.358. The third-order valence-corrected chi connectivity index (χ3v) is 6.64. The van der Waals surface area contributed by atoms with Gasteiger partial charge in [-0.3, -0.25) is 0 Å². The quantitative estimate of drug-likeness (QED) is 0.618. The van der Waals surface area contributed by atoms with E-state index >= 15 is 0 Å². The third kappa shape index (κ3) is 3.89. The van der Waals surface area contributed by atoms with E-state index in [2.05, 4.69) is 71.5 Å². The van der Waals surface area contributed by atoms with Crippen LogP contribution >= 0.6 is 38.9 Å². The van der Waals surface area contributed by atoms with Gasteiger partial charge in [0.2, 0.25) is 0 Å². The first-order chi connectivity index (χ1) is 10.1. The zero-order chi connectivity index (χ0) is 15.4. The molecule has 1 aromatic carbocycles. The van der Waals surface area contributed by atoms with Gasteiger partial charge in [0.05, 0.1) is 8.81 Å². The second-order valence-corrected chi connectivity index (χ2v) is 8.17. The van der Waals surface area contributed by atoms with Crippen molar-refractivity contribution in [2.45, 2.75) is 32.2 Å². The molecule has 0 aliphatic carbocycles. The highest BCUT2D eigenvalue weighted by Crippen LogP contribution is 2.43. The van der Waals surface area contributed by atoms with Crippen LogP contribution in [0.1, 0.15) is 42.7 Å². The lowest BCUT2D eigenvalue weighted by Gasteiger charge is -2.31. The van der Waals surface area contributed by atoms with Gasteiger partial charge < -0.3 is 5.32 Å². The molecule has 0 saturated heterocycles. The number of benzene rings is 1. The summed E-state index contributed by atoms with van der Waals surface area (Å²) >= 11 is 11.5. The van der Waals surface area contributed by atoms with E-state index in [0.717, 1.165) is 15.2 Å². The van der Waals surface area contributed by atoms with Crippen molar-refractivity contribution in [1.82, 2.24) is 5.32 Å². The van der Waals surface area contributed by atoms with Crippen LogP contribution in [0.5, 0.6) is 0 Å². The maximum absolute atomic E-state index is 6.23. The molecule has 21 heavy (non-hydrogen) atoms. The van der Waals surface area contributed by atoms with Gasteiger partial charge in [-0.1, -0.05) is 62.2 Å². The van der Waals surface area contributed by atoms with Crippen molar-refractivity contribution in [3.63, 3.8) is 0 Å². The molecule has 0 bridgehead atoms. The molecule has 4 heteroatoms. The van der Waals surface area contributed by atoms with Gasteiger partial charge in [-0.2, -0.15) is 0 Å². The molecule has 0 amide bonds. The van der Waals surface area contributed by atoms with Gasteiger partial charge in [-0.25, -0.2) is 0 Å². The molecule has 0 aliphatic rings. The van der Waals surface area contributed by atoms with Gasteiger partial charge in [0, 0.05) is 16.8 Å². The first-order valence-corrected chi connectivity index (χ1v) is 9.24. The zero-order valence-corrected chi connectivity index (χ0v) is 15.7. The van der Waals surface area contributed by atoms with Crippen molar-refractivity contribution in [3.05, 3.63) is 55.6 Å². The maximum Gasteiger partial charge on any atom is 0.0888 e. The molecule has 3 unspecified atom stereocenters. The molecule has 1 nitrogen and oxygen atoms in total. The highest BCUT2D eigenvalue weighted by atomic mass is 79.9. The van der Waals surface area contributed by atoms with E-state index in [4.69, 9.17) is 11.6 Å². The molecule has 114 valence electrons. The lowest BCUT2D eigenvalue weighted by Crippen LogP contribution is -2.27. The van der Waals surface area contributed by atoms with Crippen LogP contribution in [0, 0.1) is 5.92 Å². The Morgan fingerprint density at radius 3 is 2.43 bits per heavy atom. The lowest BCUT2D eigenvalue weighted by atomic mass is 9.79. The first-order valence-electron chi connectivity index (χ1n) is 7.25. The van der Waals surface area contributed by atoms with Crippen LogP contribution < -0.4 is 5.32 Å². The molecule has 3 atom stereocenters. The van der Waals surface area contributed by atoms with Crippen molar-refractivity contribution in [2.24, 2.45) is 5.92 Å². The van der Waals surface area contributed by atoms with Gasteiger partial charge in [-0.15, -0.1) is 11.3 Å². The molecule has 1 aromatic heterocycles. The number of hydrogen-bond acceptors (Lipinski definition) is 2. The second kappa shape index (κ2) is 7.77. The van der Waals surface area contributed by atoms with Crippen LogP contribution in [-0.4, -0.2) is 7.05 Å². The summed E-state index contributed by atoms with van der Waals surface area (Å²) in [4.78, 5) is 1.28. The minimum atomic E-state index is 0.274. The Kier molecular flexibility index (Phi) is 6.30. The van der Waals surface area contributed by atoms with E-state index in [9.17, 15) is 0 Å². The van der Waals surface area contributed by atoms with Gasteiger partial charge in [0.25, 0.3) is 0 Å². The second-order valence-electron chi connectivity index (χ2n) is 5.36. The maximum atomic E-state index is 6.23. The van der Waals surface area contributed by atoms with Gasteiger partial charge in [0.15, 0.2) is 0 Å². The van der Waals surface area contributed by atoms with Crippen molar-refractivity contribution in [1.29, 1.82) is 0 Å². The minimum Gasteiger partial charge on any atom is -0.312 e. The zero-order valence-electron chi connectivity index (χ0n) is 12.6. The smallest absolute Gasteiger partial charge is 0.0888 e. The van der Waals surface area contributed by atoms with Crippen LogP contribution in [0.3, 0.4) is 0 Å². The molecule has 2 aromatic rings. The van der Waals surface area contributed by atoms with Crippen LogP contribution in [0.15, 0.2) is 40.2 Å². The number of hydrogen-bond donors (Lipinski definition) is 1. The molecular formula is C17H21BrClNS. The monoisotopic (exact) mass is 385 g/mol. The molecule has 0 radical (unpaired) electrons. The summed E-state index contributed by atoms with van der Waals surface area (Å²) in [5.74, 6) is 1.02. The summed E-state index contributed by atoms with van der Waals surface area (Å²) in [6, 6.07) is 13.1. The average Bonchev–Trinajstić information content (AvgIpc) is 2.84. The summed E-state index contributed by atoms with van der Waals surface area (Å²) < 4.78 is 1.01. The van der Waals surface area contributed by atoms with Crippen LogP contribution in [0.25, 0.3) is 0 Å². The number of likely N-dealkylation sites (N-methyl/N-ethyl adjacent to an activating group) is 1. The number of thiophene rings is 1.